The van der Waals surface area contributed by atoms with Crippen molar-refractivity contribution >= 4 is 11.5 Å². The molecule has 0 unspecified atom stereocenters. The smallest absolute Gasteiger partial charge is 0.138 e. The summed E-state index contributed by atoms with van der Waals surface area (Å²) in [7, 11) is 1.60. The number of nitrogens with one attached hydrogen (secondary N) is 1. The van der Waals surface area contributed by atoms with Crippen molar-refractivity contribution in [1.29, 1.82) is 0 Å². The van der Waals surface area contributed by atoms with Crippen LogP contribution in [0, 0.1) is 0 Å². The van der Waals surface area contributed by atoms with E-state index in [2.05, 4.69) is 16.9 Å². The molecular formula is C10H11N3O. The van der Waals surface area contributed by atoms with E-state index in [4.69, 9.17) is 10.5 Å². The molecule has 14 heavy (non-hydrogen) atoms. The lowest BCUT2D eigenvalue weighted by atomic mass is 10.1. The van der Waals surface area contributed by atoms with Crippen LogP contribution in [0.5, 0.6) is 5.75 Å². The predicted octanol–water partition coefficient (Wildman–Crippen LogP) is 1.30. The third-order valence-corrected chi connectivity index (χ3v) is 2.04. The van der Waals surface area contributed by atoms with Crippen molar-refractivity contribution < 1.29 is 4.74 Å². The highest BCUT2D eigenvalue weighted by Gasteiger charge is 2.17. The third-order valence-electron chi connectivity index (χ3n) is 2.04. The van der Waals surface area contributed by atoms with Crippen LogP contribution in [0.3, 0.4) is 0 Å². The summed E-state index contributed by atoms with van der Waals surface area (Å²) in [5.74, 6) is 1.69. The van der Waals surface area contributed by atoms with E-state index in [1.54, 1.807) is 7.11 Å². The van der Waals surface area contributed by atoms with E-state index in [0.717, 1.165) is 11.3 Å². The molecule has 1 aliphatic heterocycles. The number of hydrogen-bond donors (Lipinski definition) is 2. The molecule has 0 amide bonds. The topological polar surface area (TPSA) is 59.6 Å². The van der Waals surface area contributed by atoms with Gasteiger partial charge in [0.25, 0.3) is 0 Å². The van der Waals surface area contributed by atoms with Crippen LogP contribution in [-0.4, -0.2) is 12.9 Å². The predicted molar refractivity (Wildman–Crippen MR) is 56.5 cm³/mol. The van der Waals surface area contributed by atoms with Crippen LogP contribution < -0.4 is 15.8 Å². The molecule has 2 rings (SSSR count). The van der Waals surface area contributed by atoms with E-state index >= 15 is 0 Å². The number of anilines is 1. The average Bonchev–Trinajstić information content (AvgIpc) is 2.16. The molecule has 0 radical (unpaired) electrons. The van der Waals surface area contributed by atoms with Crippen molar-refractivity contribution in [1.82, 2.24) is 0 Å². The lowest BCUT2D eigenvalue weighted by molar-refractivity contribution is 0.414. The minimum Gasteiger partial charge on any atom is -0.496 e. The van der Waals surface area contributed by atoms with Gasteiger partial charge in [-0.15, -0.1) is 0 Å². The lowest BCUT2D eigenvalue weighted by Gasteiger charge is -2.19. The Balaban J connectivity index is 2.63. The first-order valence-electron chi connectivity index (χ1n) is 4.20. The van der Waals surface area contributed by atoms with E-state index in [9.17, 15) is 0 Å². The Morgan fingerprint density at radius 1 is 1.50 bits per heavy atom. The third kappa shape index (κ3) is 1.21. The van der Waals surface area contributed by atoms with Crippen LogP contribution in [-0.2, 0) is 0 Å². The van der Waals surface area contributed by atoms with Crippen molar-refractivity contribution in [3.8, 4) is 5.75 Å². The SMILES string of the molecule is C=C1N=C(N)c2c(cccc2OC)N1. The molecule has 0 spiro atoms. The van der Waals surface area contributed by atoms with Gasteiger partial charge in [0.15, 0.2) is 0 Å². The molecule has 0 aromatic heterocycles. The lowest BCUT2D eigenvalue weighted by Crippen LogP contribution is -2.21. The summed E-state index contributed by atoms with van der Waals surface area (Å²) >= 11 is 0. The molecule has 0 fully saturated rings. The standard InChI is InChI=1S/C10H11N3O/c1-6-12-7-4-3-5-8(14-2)9(7)10(11)13-6/h3-5,12H,1H2,2H3,(H2,11,13). The normalized spacial score (nSPS) is 14.1. The van der Waals surface area contributed by atoms with Gasteiger partial charge >= 0.3 is 0 Å². The van der Waals surface area contributed by atoms with Crippen molar-refractivity contribution in [3.05, 3.63) is 36.2 Å². The zero-order chi connectivity index (χ0) is 10.1. The maximum atomic E-state index is 5.78. The van der Waals surface area contributed by atoms with E-state index in [1.807, 2.05) is 18.2 Å². The van der Waals surface area contributed by atoms with Crippen molar-refractivity contribution in [2.24, 2.45) is 10.7 Å². The van der Waals surface area contributed by atoms with Gasteiger partial charge in [0.2, 0.25) is 0 Å². The molecule has 0 atom stereocenters. The minimum atomic E-state index is 0.432. The van der Waals surface area contributed by atoms with Crippen molar-refractivity contribution in [2.75, 3.05) is 12.4 Å². The van der Waals surface area contributed by atoms with Crippen LogP contribution in [0.25, 0.3) is 0 Å². The summed E-state index contributed by atoms with van der Waals surface area (Å²) in [5.41, 5.74) is 7.45. The van der Waals surface area contributed by atoms with Gasteiger partial charge in [-0.2, -0.15) is 0 Å². The van der Waals surface area contributed by atoms with Crippen LogP contribution in [0.4, 0.5) is 5.69 Å². The molecule has 72 valence electrons. The van der Waals surface area contributed by atoms with E-state index in [-0.39, 0.29) is 0 Å². The first-order valence-corrected chi connectivity index (χ1v) is 4.20. The maximum absolute atomic E-state index is 5.78. The van der Waals surface area contributed by atoms with E-state index < -0.39 is 0 Å². The Kier molecular flexibility index (Phi) is 1.89. The fraction of sp³-hybridized carbons (Fsp3) is 0.100. The summed E-state index contributed by atoms with van der Waals surface area (Å²) in [4.78, 5) is 4.04. The summed E-state index contributed by atoms with van der Waals surface area (Å²) in [5, 5.41) is 3.02. The summed E-state index contributed by atoms with van der Waals surface area (Å²) in [6, 6.07) is 5.64. The molecule has 1 aromatic carbocycles. The van der Waals surface area contributed by atoms with Gasteiger partial charge < -0.3 is 15.8 Å². The molecule has 0 saturated heterocycles. The van der Waals surface area contributed by atoms with Gasteiger partial charge in [0.1, 0.15) is 17.4 Å². The summed E-state index contributed by atoms with van der Waals surface area (Å²) in [6.45, 7) is 3.70. The maximum Gasteiger partial charge on any atom is 0.138 e. The monoisotopic (exact) mass is 189 g/mol. The number of amidine groups is 1. The molecule has 1 aliphatic rings. The van der Waals surface area contributed by atoms with Gasteiger partial charge in [0.05, 0.1) is 18.4 Å². The van der Waals surface area contributed by atoms with E-state index in [0.29, 0.717) is 17.4 Å². The zero-order valence-electron chi connectivity index (χ0n) is 7.87. The highest BCUT2D eigenvalue weighted by molar-refractivity contribution is 6.07. The van der Waals surface area contributed by atoms with Crippen LogP contribution >= 0.6 is 0 Å². The van der Waals surface area contributed by atoms with Gasteiger partial charge in [-0.05, 0) is 12.1 Å². The van der Waals surface area contributed by atoms with Crippen LogP contribution in [0.2, 0.25) is 0 Å². The second-order valence-corrected chi connectivity index (χ2v) is 2.95. The fourth-order valence-electron chi connectivity index (χ4n) is 1.45. The minimum absolute atomic E-state index is 0.432. The Bertz CT molecular complexity index is 423. The van der Waals surface area contributed by atoms with Crippen LogP contribution in [0.15, 0.2) is 35.6 Å². The number of nitrogens with zero attached hydrogens (tertiary/aromatic N) is 1. The van der Waals surface area contributed by atoms with Crippen molar-refractivity contribution in [2.45, 2.75) is 0 Å². The summed E-state index contributed by atoms with van der Waals surface area (Å²) in [6.07, 6.45) is 0. The first-order chi connectivity index (χ1) is 6.72. The number of hydrogen-bond acceptors (Lipinski definition) is 4. The molecule has 0 bridgehead atoms. The number of benzene rings is 1. The molecule has 3 N–H and O–H groups in total. The van der Waals surface area contributed by atoms with Gasteiger partial charge in [-0.3, -0.25) is 0 Å². The van der Waals surface area contributed by atoms with Gasteiger partial charge in [-0.1, -0.05) is 12.6 Å². The number of fused-ring (bicyclic) bond motifs is 1. The molecule has 4 nitrogen and oxygen atoms in total. The molecule has 4 heteroatoms. The molecule has 0 saturated carbocycles. The van der Waals surface area contributed by atoms with Crippen molar-refractivity contribution in [3.63, 3.8) is 0 Å². The van der Waals surface area contributed by atoms with Gasteiger partial charge in [0, 0.05) is 0 Å². The molecule has 1 aromatic rings. The molecule has 1 heterocycles. The highest BCUT2D eigenvalue weighted by atomic mass is 16.5. The number of aliphatic imine (C=N–C) groups is 1. The zero-order valence-corrected chi connectivity index (χ0v) is 7.87. The quantitative estimate of drug-likeness (QED) is 0.700. The number of ether oxygens (including phenoxy) is 1. The fourth-order valence-corrected chi connectivity index (χ4v) is 1.45. The number of nitrogens with two attached hydrogens (primary N) is 1. The van der Waals surface area contributed by atoms with E-state index in [1.165, 1.54) is 0 Å². The first kappa shape index (κ1) is 8.62. The summed E-state index contributed by atoms with van der Waals surface area (Å²) < 4.78 is 5.19. The molecule has 0 aliphatic carbocycles. The number of methoxy groups -OCH3 is 1. The number of rotatable bonds is 1. The molecular weight excluding hydrogens is 178 g/mol. The average molecular weight is 189 g/mol. The second kappa shape index (κ2) is 3.06. The van der Waals surface area contributed by atoms with Gasteiger partial charge in [-0.25, -0.2) is 4.99 Å². The Hall–Kier alpha value is -1.97. The second-order valence-electron chi connectivity index (χ2n) is 2.95. The largest absolute Gasteiger partial charge is 0.496 e. The Morgan fingerprint density at radius 3 is 3.00 bits per heavy atom. The highest BCUT2D eigenvalue weighted by Crippen LogP contribution is 2.29. The Labute approximate surface area is 82.1 Å². The van der Waals surface area contributed by atoms with Crippen LogP contribution in [0.1, 0.15) is 5.56 Å². The Morgan fingerprint density at radius 2 is 2.29 bits per heavy atom.